The molecule has 0 spiro atoms. The van der Waals surface area contributed by atoms with Gasteiger partial charge in [0.25, 0.3) is 0 Å². The number of allylic oxidation sites excluding steroid dienone is 1. The number of rotatable bonds is 0. The first-order chi connectivity index (χ1) is 10.9. The number of aliphatic hydroxyl groups excluding tert-OH is 1. The standard InChI is InChI=1S/C19H26NO3/c1-18-7-5-12(21)9-11(18)10-15(20-23)17-13-3-4-16(22)19(13,2)8-6-14(17)18/h10,12-14,17,21H,3-9H2,1-2H3/b20-15+/t12-,13-,14-,17-,18-,19-/m0/s1. The molecule has 0 saturated heterocycles. The summed E-state index contributed by atoms with van der Waals surface area (Å²) >= 11 is 0. The molecule has 0 aliphatic heterocycles. The Hall–Kier alpha value is -1.16. The third kappa shape index (κ3) is 1.93. The fourth-order valence-corrected chi connectivity index (χ4v) is 6.27. The SMILES string of the molecule is C[C@]12CC[C@H](O)CC1=C/C(=N\[O])[C@@H]1[C@@H]2CC[C@]2(C)C(=O)CC[C@@H]12. The number of Topliss-reactive ketones (excluding diaryl/α,β-unsaturated/α-hetero) is 1. The maximum atomic E-state index is 12.4. The van der Waals surface area contributed by atoms with Gasteiger partial charge in [-0.25, -0.2) is 0 Å². The van der Waals surface area contributed by atoms with Gasteiger partial charge in [0.15, 0.2) is 0 Å². The summed E-state index contributed by atoms with van der Waals surface area (Å²) in [4.78, 5) is 12.4. The molecule has 0 aromatic heterocycles. The molecule has 1 N–H and O–H groups in total. The van der Waals surface area contributed by atoms with Gasteiger partial charge in [-0.2, -0.15) is 0 Å². The molecule has 3 saturated carbocycles. The second-order valence-electron chi connectivity index (χ2n) is 8.66. The predicted molar refractivity (Wildman–Crippen MR) is 86.2 cm³/mol. The molecule has 0 aromatic rings. The number of hydrogen-bond donors (Lipinski definition) is 1. The number of aliphatic hydroxyl groups is 1. The molecule has 4 aliphatic rings. The highest BCUT2D eigenvalue weighted by Crippen LogP contribution is 2.63. The van der Waals surface area contributed by atoms with Crippen LogP contribution in [0.1, 0.15) is 58.8 Å². The van der Waals surface area contributed by atoms with Gasteiger partial charge in [0.05, 0.1) is 11.8 Å². The van der Waals surface area contributed by atoms with Crippen molar-refractivity contribution >= 4 is 11.5 Å². The zero-order chi connectivity index (χ0) is 16.4. The van der Waals surface area contributed by atoms with Crippen LogP contribution in [0.3, 0.4) is 0 Å². The van der Waals surface area contributed by atoms with Gasteiger partial charge in [0.2, 0.25) is 0 Å². The van der Waals surface area contributed by atoms with Crippen molar-refractivity contribution in [3.63, 3.8) is 0 Å². The van der Waals surface area contributed by atoms with Crippen molar-refractivity contribution in [1.29, 1.82) is 0 Å². The van der Waals surface area contributed by atoms with Crippen LogP contribution in [0.5, 0.6) is 0 Å². The smallest absolute Gasteiger partial charge is 0.139 e. The van der Waals surface area contributed by atoms with Crippen molar-refractivity contribution < 1.29 is 15.1 Å². The van der Waals surface area contributed by atoms with E-state index in [0.29, 0.717) is 30.3 Å². The molecule has 4 rings (SSSR count). The van der Waals surface area contributed by atoms with Crippen LogP contribution in [-0.2, 0) is 10.0 Å². The van der Waals surface area contributed by atoms with Crippen molar-refractivity contribution in [2.75, 3.05) is 0 Å². The maximum absolute atomic E-state index is 12.4. The quantitative estimate of drug-likeness (QED) is 0.697. The largest absolute Gasteiger partial charge is 0.393 e. The molecule has 4 heteroatoms. The van der Waals surface area contributed by atoms with Crippen LogP contribution in [0.4, 0.5) is 0 Å². The minimum atomic E-state index is -0.291. The normalized spacial score (nSPS) is 51.0. The Labute approximate surface area is 137 Å². The van der Waals surface area contributed by atoms with Crippen LogP contribution in [-0.4, -0.2) is 22.7 Å². The van der Waals surface area contributed by atoms with E-state index in [1.807, 2.05) is 6.08 Å². The van der Waals surface area contributed by atoms with Gasteiger partial charge in [-0.05, 0) is 67.0 Å². The topological polar surface area (TPSA) is 69.6 Å². The molecule has 4 nitrogen and oxygen atoms in total. The van der Waals surface area contributed by atoms with Crippen molar-refractivity contribution in [2.45, 2.75) is 64.9 Å². The molecular formula is C19H26NO3. The van der Waals surface area contributed by atoms with Crippen LogP contribution in [0.25, 0.3) is 0 Å². The number of ketones is 1. The van der Waals surface area contributed by atoms with Gasteiger partial charge in [-0.15, -0.1) is 5.21 Å². The van der Waals surface area contributed by atoms with Gasteiger partial charge >= 0.3 is 0 Å². The Morgan fingerprint density at radius 2 is 1.83 bits per heavy atom. The Morgan fingerprint density at radius 1 is 1.13 bits per heavy atom. The summed E-state index contributed by atoms with van der Waals surface area (Å²) in [5.74, 6) is 1.17. The van der Waals surface area contributed by atoms with Crippen LogP contribution in [0.2, 0.25) is 0 Å². The number of fused-ring (bicyclic) bond motifs is 5. The molecule has 4 aliphatic carbocycles. The zero-order valence-electron chi connectivity index (χ0n) is 14.0. The Bertz CT molecular complexity index is 610. The molecule has 0 unspecified atom stereocenters. The van der Waals surface area contributed by atoms with E-state index in [1.54, 1.807) is 0 Å². The van der Waals surface area contributed by atoms with E-state index in [0.717, 1.165) is 32.1 Å². The highest BCUT2D eigenvalue weighted by atomic mass is 16.4. The van der Waals surface area contributed by atoms with Crippen LogP contribution in [0.15, 0.2) is 16.8 Å². The monoisotopic (exact) mass is 316 g/mol. The van der Waals surface area contributed by atoms with E-state index in [2.05, 4.69) is 19.0 Å². The minimum absolute atomic E-state index is 0.0606. The molecule has 6 atom stereocenters. The molecule has 0 bridgehead atoms. The molecule has 1 radical (unpaired) electrons. The Kier molecular flexibility index (Phi) is 3.29. The van der Waals surface area contributed by atoms with Crippen LogP contribution in [0, 0.1) is 28.6 Å². The van der Waals surface area contributed by atoms with Gasteiger partial charge in [0.1, 0.15) is 5.78 Å². The summed E-state index contributed by atoms with van der Waals surface area (Å²) in [7, 11) is 0. The van der Waals surface area contributed by atoms with Crippen molar-refractivity contribution in [3.8, 4) is 0 Å². The zero-order valence-corrected chi connectivity index (χ0v) is 14.0. The van der Waals surface area contributed by atoms with E-state index in [4.69, 9.17) is 0 Å². The summed E-state index contributed by atoms with van der Waals surface area (Å²) < 4.78 is 0. The van der Waals surface area contributed by atoms with E-state index in [-0.39, 0.29) is 28.8 Å². The molecule has 0 amide bonds. The van der Waals surface area contributed by atoms with Crippen LogP contribution >= 0.6 is 0 Å². The van der Waals surface area contributed by atoms with Gasteiger partial charge in [-0.3, -0.25) is 4.79 Å². The van der Waals surface area contributed by atoms with Crippen LogP contribution < -0.4 is 0 Å². The number of carbonyl (C=O) groups is 1. The van der Waals surface area contributed by atoms with E-state index < -0.39 is 0 Å². The highest BCUT2D eigenvalue weighted by molar-refractivity contribution is 6.00. The van der Waals surface area contributed by atoms with Gasteiger partial charge in [-0.1, -0.05) is 19.4 Å². The minimum Gasteiger partial charge on any atom is -0.393 e. The van der Waals surface area contributed by atoms with Gasteiger partial charge < -0.3 is 5.11 Å². The van der Waals surface area contributed by atoms with Crippen molar-refractivity contribution in [1.82, 2.24) is 0 Å². The van der Waals surface area contributed by atoms with E-state index in [9.17, 15) is 15.1 Å². The lowest BCUT2D eigenvalue weighted by Crippen LogP contribution is -2.53. The average Bonchev–Trinajstić information content (AvgIpc) is 2.83. The molecule has 0 heterocycles. The first-order valence-electron chi connectivity index (χ1n) is 9.03. The third-order valence-corrected chi connectivity index (χ3v) is 7.75. The fourth-order valence-electron chi connectivity index (χ4n) is 6.27. The van der Waals surface area contributed by atoms with E-state index >= 15 is 0 Å². The molecular weight excluding hydrogens is 290 g/mol. The third-order valence-electron chi connectivity index (χ3n) is 7.75. The Morgan fingerprint density at radius 3 is 2.57 bits per heavy atom. The Balaban J connectivity index is 1.80. The second-order valence-corrected chi connectivity index (χ2v) is 8.66. The summed E-state index contributed by atoms with van der Waals surface area (Å²) in [6.07, 6.45) is 7.65. The summed E-state index contributed by atoms with van der Waals surface area (Å²) in [5.41, 5.74) is 1.65. The average molecular weight is 316 g/mol. The molecule has 125 valence electrons. The van der Waals surface area contributed by atoms with E-state index in [1.165, 1.54) is 5.57 Å². The number of nitrogens with zero attached hydrogens (tertiary/aromatic N) is 1. The highest BCUT2D eigenvalue weighted by Gasteiger charge is 2.60. The fraction of sp³-hybridized carbons (Fsp3) is 0.789. The summed E-state index contributed by atoms with van der Waals surface area (Å²) in [6.45, 7) is 4.42. The number of carbonyl (C=O) groups excluding carboxylic acids is 1. The molecule has 0 aromatic carbocycles. The van der Waals surface area contributed by atoms with Gasteiger partial charge in [0, 0.05) is 17.8 Å². The first-order valence-corrected chi connectivity index (χ1v) is 9.03. The predicted octanol–water partition coefficient (Wildman–Crippen LogP) is 3.28. The first kappa shape index (κ1) is 15.4. The summed E-state index contributed by atoms with van der Waals surface area (Å²) in [6, 6.07) is 0. The van der Waals surface area contributed by atoms with Crippen molar-refractivity contribution in [2.24, 2.45) is 33.7 Å². The lowest BCUT2D eigenvalue weighted by Gasteiger charge is -2.56. The number of hydrogen-bond acceptors (Lipinski definition) is 3. The lowest BCUT2D eigenvalue weighted by molar-refractivity contribution is -0.130. The molecule has 23 heavy (non-hydrogen) atoms. The second kappa shape index (κ2) is 4.92. The summed E-state index contributed by atoms with van der Waals surface area (Å²) in [5, 5.41) is 25.0. The lowest BCUT2D eigenvalue weighted by atomic mass is 9.47. The van der Waals surface area contributed by atoms with Crippen molar-refractivity contribution in [3.05, 3.63) is 11.6 Å². The molecule has 3 fully saturated rings. The maximum Gasteiger partial charge on any atom is 0.139 e.